The van der Waals surface area contributed by atoms with Gasteiger partial charge in [-0.15, -0.1) is 0 Å². The molecular weight excluding hydrogens is 228 g/mol. The number of nitrogens with one attached hydrogen (secondary N) is 2. The van der Waals surface area contributed by atoms with Gasteiger partial charge in [0.05, 0.1) is 6.04 Å². The number of H-pyrrole nitrogens is 1. The predicted octanol–water partition coefficient (Wildman–Crippen LogP) is 1.73. The van der Waals surface area contributed by atoms with Crippen LogP contribution >= 0.6 is 0 Å². The van der Waals surface area contributed by atoms with Gasteiger partial charge in [0.2, 0.25) is 0 Å². The standard InChI is InChI=1S/C13H16N4O/c1-10(13-16-7-8-17-13)15-6-4-12(18)11-3-2-5-14-9-11/h2-3,5,7-10,15H,4,6H2,1H3,(H,16,17). The van der Waals surface area contributed by atoms with Crippen molar-refractivity contribution in [2.24, 2.45) is 0 Å². The molecule has 2 rings (SSSR count). The smallest absolute Gasteiger partial charge is 0.165 e. The van der Waals surface area contributed by atoms with Crippen LogP contribution in [0.25, 0.3) is 0 Å². The van der Waals surface area contributed by atoms with Gasteiger partial charge in [-0.2, -0.15) is 0 Å². The molecule has 1 unspecified atom stereocenters. The molecule has 0 radical (unpaired) electrons. The van der Waals surface area contributed by atoms with E-state index in [4.69, 9.17) is 0 Å². The van der Waals surface area contributed by atoms with E-state index in [0.29, 0.717) is 18.5 Å². The summed E-state index contributed by atoms with van der Waals surface area (Å²) in [5.74, 6) is 0.978. The highest BCUT2D eigenvalue weighted by Gasteiger charge is 2.09. The van der Waals surface area contributed by atoms with Gasteiger partial charge >= 0.3 is 0 Å². The highest BCUT2D eigenvalue weighted by molar-refractivity contribution is 5.95. The first kappa shape index (κ1) is 12.4. The lowest BCUT2D eigenvalue weighted by molar-refractivity contribution is 0.0981. The average Bonchev–Trinajstić information content (AvgIpc) is 2.93. The first-order valence-electron chi connectivity index (χ1n) is 5.93. The van der Waals surface area contributed by atoms with Gasteiger partial charge in [-0.3, -0.25) is 9.78 Å². The van der Waals surface area contributed by atoms with Crippen molar-refractivity contribution in [3.63, 3.8) is 0 Å². The summed E-state index contributed by atoms with van der Waals surface area (Å²) >= 11 is 0. The monoisotopic (exact) mass is 244 g/mol. The Morgan fingerprint density at radius 3 is 3.06 bits per heavy atom. The molecule has 0 saturated heterocycles. The number of pyridine rings is 1. The van der Waals surface area contributed by atoms with Crippen molar-refractivity contribution in [2.75, 3.05) is 6.54 Å². The zero-order valence-electron chi connectivity index (χ0n) is 10.3. The van der Waals surface area contributed by atoms with Gasteiger partial charge < -0.3 is 10.3 Å². The molecule has 0 aromatic carbocycles. The lowest BCUT2D eigenvalue weighted by Crippen LogP contribution is -2.22. The minimum atomic E-state index is 0.0993. The Bertz CT molecular complexity index is 481. The summed E-state index contributed by atoms with van der Waals surface area (Å²) < 4.78 is 0. The molecule has 0 aliphatic heterocycles. The van der Waals surface area contributed by atoms with E-state index < -0.39 is 0 Å². The summed E-state index contributed by atoms with van der Waals surface area (Å²) in [6, 6.07) is 3.67. The Balaban J connectivity index is 1.77. The Hall–Kier alpha value is -2.01. The Kier molecular flexibility index (Phi) is 4.20. The number of aromatic nitrogens is 3. The van der Waals surface area contributed by atoms with Crippen molar-refractivity contribution in [1.82, 2.24) is 20.3 Å². The molecule has 0 bridgehead atoms. The molecule has 18 heavy (non-hydrogen) atoms. The molecule has 2 aromatic heterocycles. The van der Waals surface area contributed by atoms with Crippen LogP contribution in [0.5, 0.6) is 0 Å². The average molecular weight is 244 g/mol. The molecule has 0 amide bonds. The van der Waals surface area contributed by atoms with Crippen molar-refractivity contribution in [2.45, 2.75) is 19.4 Å². The van der Waals surface area contributed by atoms with Gasteiger partial charge in [-0.05, 0) is 19.1 Å². The van der Waals surface area contributed by atoms with Gasteiger partial charge in [-0.1, -0.05) is 0 Å². The second kappa shape index (κ2) is 6.07. The second-order valence-electron chi connectivity index (χ2n) is 4.07. The minimum absolute atomic E-state index is 0.0993. The van der Waals surface area contributed by atoms with Crippen LogP contribution in [-0.2, 0) is 0 Å². The molecule has 2 aromatic rings. The van der Waals surface area contributed by atoms with E-state index >= 15 is 0 Å². The summed E-state index contributed by atoms with van der Waals surface area (Å²) in [7, 11) is 0. The van der Waals surface area contributed by atoms with Crippen LogP contribution in [0.1, 0.15) is 35.6 Å². The Morgan fingerprint density at radius 2 is 2.39 bits per heavy atom. The van der Waals surface area contributed by atoms with E-state index in [9.17, 15) is 4.79 Å². The molecule has 0 saturated carbocycles. The van der Waals surface area contributed by atoms with Crippen LogP contribution < -0.4 is 5.32 Å². The van der Waals surface area contributed by atoms with Crippen molar-refractivity contribution in [1.29, 1.82) is 0 Å². The molecule has 5 nitrogen and oxygen atoms in total. The fourth-order valence-electron chi connectivity index (χ4n) is 1.69. The Labute approximate surface area is 106 Å². The summed E-state index contributed by atoms with van der Waals surface area (Å²) in [6.45, 7) is 2.63. The second-order valence-corrected chi connectivity index (χ2v) is 4.07. The van der Waals surface area contributed by atoms with Gasteiger partial charge in [-0.25, -0.2) is 4.98 Å². The normalized spacial score (nSPS) is 12.3. The van der Waals surface area contributed by atoms with Crippen LogP contribution in [0.15, 0.2) is 36.9 Å². The maximum atomic E-state index is 11.8. The molecule has 0 spiro atoms. The molecule has 94 valence electrons. The van der Waals surface area contributed by atoms with E-state index in [0.717, 1.165) is 5.82 Å². The minimum Gasteiger partial charge on any atom is -0.347 e. The van der Waals surface area contributed by atoms with E-state index in [1.807, 2.05) is 6.92 Å². The highest BCUT2D eigenvalue weighted by Crippen LogP contribution is 2.06. The van der Waals surface area contributed by atoms with Crippen LogP contribution in [0, 0.1) is 0 Å². The van der Waals surface area contributed by atoms with E-state index in [-0.39, 0.29) is 11.8 Å². The molecule has 0 fully saturated rings. The van der Waals surface area contributed by atoms with Crippen LogP contribution in [0.4, 0.5) is 0 Å². The first-order chi connectivity index (χ1) is 8.77. The molecule has 1 atom stereocenters. The number of Topliss-reactive ketones (excluding diaryl/α,β-unsaturated/α-hetero) is 1. The van der Waals surface area contributed by atoms with Crippen LogP contribution in [0.3, 0.4) is 0 Å². The van der Waals surface area contributed by atoms with Gasteiger partial charge in [0, 0.05) is 43.3 Å². The molecule has 2 heterocycles. The van der Waals surface area contributed by atoms with Gasteiger partial charge in [0.25, 0.3) is 0 Å². The third-order valence-electron chi connectivity index (χ3n) is 2.72. The summed E-state index contributed by atoms with van der Waals surface area (Å²) in [4.78, 5) is 22.9. The maximum Gasteiger partial charge on any atom is 0.165 e. The van der Waals surface area contributed by atoms with Crippen molar-refractivity contribution in [3.05, 3.63) is 48.3 Å². The maximum absolute atomic E-state index is 11.8. The van der Waals surface area contributed by atoms with Crippen molar-refractivity contribution >= 4 is 5.78 Å². The fourth-order valence-corrected chi connectivity index (χ4v) is 1.69. The molecule has 0 aliphatic rings. The topological polar surface area (TPSA) is 70.7 Å². The SMILES string of the molecule is CC(NCCC(=O)c1cccnc1)c1ncc[nH]1. The lowest BCUT2D eigenvalue weighted by atomic mass is 10.1. The molecule has 0 aliphatic carbocycles. The summed E-state index contributed by atoms with van der Waals surface area (Å²) in [5.41, 5.74) is 0.657. The quantitative estimate of drug-likeness (QED) is 0.759. The number of carbonyl (C=O) groups excluding carboxylic acids is 1. The van der Waals surface area contributed by atoms with Crippen molar-refractivity contribution < 1.29 is 4.79 Å². The number of hydrogen-bond acceptors (Lipinski definition) is 4. The summed E-state index contributed by atoms with van der Waals surface area (Å²) in [5, 5.41) is 3.25. The lowest BCUT2D eigenvalue weighted by Gasteiger charge is -2.10. The van der Waals surface area contributed by atoms with E-state index in [1.165, 1.54) is 0 Å². The predicted molar refractivity (Wildman–Crippen MR) is 68.2 cm³/mol. The number of rotatable bonds is 6. The molecular formula is C13H16N4O. The summed E-state index contributed by atoms with van der Waals surface area (Å²) in [6.07, 6.45) is 7.21. The fraction of sp³-hybridized carbons (Fsp3) is 0.308. The van der Waals surface area contributed by atoms with Crippen LogP contribution in [-0.4, -0.2) is 27.3 Å². The Morgan fingerprint density at radius 1 is 1.50 bits per heavy atom. The number of carbonyl (C=O) groups is 1. The number of nitrogens with zero attached hydrogens (tertiary/aromatic N) is 2. The van der Waals surface area contributed by atoms with Crippen molar-refractivity contribution in [3.8, 4) is 0 Å². The zero-order chi connectivity index (χ0) is 12.8. The third kappa shape index (κ3) is 3.24. The van der Waals surface area contributed by atoms with Gasteiger partial charge in [0.1, 0.15) is 5.82 Å². The molecule has 5 heteroatoms. The highest BCUT2D eigenvalue weighted by atomic mass is 16.1. The van der Waals surface area contributed by atoms with Crippen LogP contribution in [0.2, 0.25) is 0 Å². The number of imidazole rings is 1. The number of aromatic amines is 1. The van der Waals surface area contributed by atoms with Gasteiger partial charge in [0.15, 0.2) is 5.78 Å². The first-order valence-corrected chi connectivity index (χ1v) is 5.93. The largest absolute Gasteiger partial charge is 0.347 e. The van der Waals surface area contributed by atoms with E-state index in [2.05, 4.69) is 20.3 Å². The number of hydrogen-bond donors (Lipinski definition) is 2. The molecule has 2 N–H and O–H groups in total. The third-order valence-corrected chi connectivity index (χ3v) is 2.72. The zero-order valence-corrected chi connectivity index (χ0v) is 10.3. The number of ketones is 1. The van der Waals surface area contributed by atoms with E-state index in [1.54, 1.807) is 36.9 Å².